The highest BCUT2D eigenvalue weighted by Gasteiger charge is 2.23. The SMILES string of the molecule is CSCC(C)CC(C)(C)CCC(C)(C)C. The Labute approximate surface area is 102 Å². The van der Waals surface area contributed by atoms with Gasteiger partial charge in [-0.3, -0.25) is 0 Å². The predicted molar refractivity (Wildman–Crippen MR) is 74.6 cm³/mol. The van der Waals surface area contributed by atoms with Gasteiger partial charge in [-0.2, -0.15) is 11.8 Å². The van der Waals surface area contributed by atoms with E-state index >= 15 is 0 Å². The van der Waals surface area contributed by atoms with Gasteiger partial charge in [0, 0.05) is 0 Å². The van der Waals surface area contributed by atoms with Crippen LogP contribution in [0.5, 0.6) is 0 Å². The normalized spacial score (nSPS) is 15.4. The van der Waals surface area contributed by atoms with E-state index in [1.165, 1.54) is 25.0 Å². The Bertz CT molecular complexity index is 165. The second-order valence-corrected chi connectivity index (χ2v) is 7.90. The van der Waals surface area contributed by atoms with Gasteiger partial charge in [-0.25, -0.2) is 0 Å². The fourth-order valence-corrected chi connectivity index (χ4v) is 2.79. The Balaban J connectivity index is 3.96. The molecule has 0 saturated heterocycles. The van der Waals surface area contributed by atoms with Gasteiger partial charge in [0.1, 0.15) is 0 Å². The minimum absolute atomic E-state index is 0.486. The molecule has 0 amide bonds. The van der Waals surface area contributed by atoms with Crippen LogP contribution in [0.3, 0.4) is 0 Å². The standard InChI is InChI=1S/C14H30S/c1-12(11-15-7)10-14(5,6)9-8-13(2,3)4/h12H,8-11H2,1-7H3. The van der Waals surface area contributed by atoms with E-state index in [0.29, 0.717) is 10.8 Å². The molecule has 0 aromatic heterocycles. The van der Waals surface area contributed by atoms with Gasteiger partial charge in [0.25, 0.3) is 0 Å². The first kappa shape index (κ1) is 15.3. The van der Waals surface area contributed by atoms with Gasteiger partial charge in [0.05, 0.1) is 0 Å². The topological polar surface area (TPSA) is 0 Å². The lowest BCUT2D eigenvalue weighted by molar-refractivity contribution is 0.219. The first-order chi connectivity index (χ1) is 6.66. The maximum absolute atomic E-state index is 2.43. The van der Waals surface area contributed by atoms with E-state index in [1.807, 2.05) is 11.8 Å². The molecule has 0 aromatic carbocycles. The first-order valence-corrected chi connectivity index (χ1v) is 7.55. The van der Waals surface area contributed by atoms with Crippen LogP contribution in [0.1, 0.15) is 60.8 Å². The van der Waals surface area contributed by atoms with Crippen molar-refractivity contribution in [1.29, 1.82) is 0 Å². The highest BCUT2D eigenvalue weighted by Crippen LogP contribution is 2.35. The summed E-state index contributed by atoms with van der Waals surface area (Å²) in [6.07, 6.45) is 6.27. The molecule has 1 heteroatoms. The lowest BCUT2D eigenvalue weighted by Crippen LogP contribution is -2.19. The molecular formula is C14H30S. The van der Waals surface area contributed by atoms with Crippen LogP contribution < -0.4 is 0 Å². The molecule has 0 nitrogen and oxygen atoms in total. The van der Waals surface area contributed by atoms with E-state index < -0.39 is 0 Å². The summed E-state index contributed by atoms with van der Waals surface area (Å²) in [7, 11) is 0. The molecule has 0 fully saturated rings. The van der Waals surface area contributed by atoms with Crippen molar-refractivity contribution in [2.75, 3.05) is 12.0 Å². The zero-order chi connectivity index (χ0) is 12.1. The molecular weight excluding hydrogens is 200 g/mol. The van der Waals surface area contributed by atoms with Crippen LogP contribution in [0.25, 0.3) is 0 Å². The molecule has 1 atom stereocenters. The maximum atomic E-state index is 2.43. The Morgan fingerprint density at radius 3 is 1.93 bits per heavy atom. The molecule has 0 heterocycles. The van der Waals surface area contributed by atoms with Gasteiger partial charge >= 0.3 is 0 Å². The summed E-state index contributed by atoms with van der Waals surface area (Å²) >= 11 is 1.97. The summed E-state index contributed by atoms with van der Waals surface area (Å²) in [4.78, 5) is 0. The fourth-order valence-electron chi connectivity index (χ4n) is 2.10. The zero-order valence-corrected chi connectivity index (χ0v) is 12.6. The van der Waals surface area contributed by atoms with Crippen molar-refractivity contribution >= 4 is 11.8 Å². The third kappa shape index (κ3) is 9.29. The highest BCUT2D eigenvalue weighted by atomic mass is 32.2. The van der Waals surface area contributed by atoms with Gasteiger partial charge in [-0.05, 0) is 48.0 Å². The molecule has 0 radical (unpaired) electrons. The smallest absolute Gasteiger partial charge is 0.00443 e. The van der Waals surface area contributed by atoms with Gasteiger partial charge in [0.2, 0.25) is 0 Å². The Kier molecular flexibility index (Phi) is 6.32. The molecule has 0 aliphatic carbocycles. The van der Waals surface area contributed by atoms with E-state index in [1.54, 1.807) is 0 Å². The van der Waals surface area contributed by atoms with Crippen molar-refractivity contribution in [1.82, 2.24) is 0 Å². The maximum Gasteiger partial charge on any atom is -0.00443 e. The molecule has 0 aliphatic rings. The molecule has 0 aromatic rings. The Morgan fingerprint density at radius 2 is 1.53 bits per heavy atom. The van der Waals surface area contributed by atoms with Crippen LogP contribution in [0.2, 0.25) is 0 Å². The van der Waals surface area contributed by atoms with Crippen molar-refractivity contribution < 1.29 is 0 Å². The molecule has 15 heavy (non-hydrogen) atoms. The zero-order valence-electron chi connectivity index (χ0n) is 11.8. The quantitative estimate of drug-likeness (QED) is 0.602. The van der Waals surface area contributed by atoms with E-state index in [0.717, 1.165) is 5.92 Å². The number of rotatable bonds is 6. The van der Waals surface area contributed by atoms with E-state index in [9.17, 15) is 0 Å². The largest absolute Gasteiger partial charge is 0.165 e. The average Bonchev–Trinajstić information content (AvgIpc) is 1.99. The average molecular weight is 230 g/mol. The summed E-state index contributed by atoms with van der Waals surface area (Å²) in [6.45, 7) is 14.3. The van der Waals surface area contributed by atoms with Crippen LogP contribution >= 0.6 is 11.8 Å². The van der Waals surface area contributed by atoms with Crippen LogP contribution in [0, 0.1) is 16.7 Å². The molecule has 1 unspecified atom stereocenters. The number of hydrogen-bond acceptors (Lipinski definition) is 1. The number of thioether (sulfide) groups is 1. The van der Waals surface area contributed by atoms with Gasteiger partial charge < -0.3 is 0 Å². The molecule has 0 rings (SSSR count). The molecule has 0 N–H and O–H groups in total. The Morgan fingerprint density at radius 1 is 1.00 bits per heavy atom. The van der Waals surface area contributed by atoms with Crippen LogP contribution in [-0.4, -0.2) is 12.0 Å². The lowest BCUT2D eigenvalue weighted by Gasteiger charge is -2.31. The van der Waals surface area contributed by atoms with Crippen molar-refractivity contribution in [3.63, 3.8) is 0 Å². The number of hydrogen-bond donors (Lipinski definition) is 0. The van der Waals surface area contributed by atoms with Crippen molar-refractivity contribution in [3.8, 4) is 0 Å². The van der Waals surface area contributed by atoms with Crippen molar-refractivity contribution in [3.05, 3.63) is 0 Å². The summed E-state index contributed by atoms with van der Waals surface area (Å²) < 4.78 is 0. The lowest BCUT2D eigenvalue weighted by atomic mass is 9.76. The van der Waals surface area contributed by atoms with E-state index in [-0.39, 0.29) is 0 Å². The summed E-state index contributed by atoms with van der Waals surface area (Å²) in [5.74, 6) is 2.16. The minimum atomic E-state index is 0.486. The van der Waals surface area contributed by atoms with Gasteiger partial charge in [0.15, 0.2) is 0 Å². The fraction of sp³-hybridized carbons (Fsp3) is 1.00. The summed E-state index contributed by atoms with van der Waals surface area (Å²) in [5, 5.41) is 0. The minimum Gasteiger partial charge on any atom is -0.165 e. The summed E-state index contributed by atoms with van der Waals surface area (Å²) in [6, 6.07) is 0. The molecule has 0 aliphatic heterocycles. The van der Waals surface area contributed by atoms with E-state index in [2.05, 4.69) is 47.8 Å². The monoisotopic (exact) mass is 230 g/mol. The van der Waals surface area contributed by atoms with Gasteiger partial charge in [-0.15, -0.1) is 0 Å². The van der Waals surface area contributed by atoms with Crippen LogP contribution in [0.15, 0.2) is 0 Å². The van der Waals surface area contributed by atoms with Crippen LogP contribution in [-0.2, 0) is 0 Å². The Hall–Kier alpha value is 0.350. The molecule has 0 saturated carbocycles. The van der Waals surface area contributed by atoms with Gasteiger partial charge in [-0.1, -0.05) is 41.5 Å². The second-order valence-electron chi connectivity index (χ2n) is 6.99. The molecule has 92 valence electrons. The summed E-state index contributed by atoms with van der Waals surface area (Å²) in [5.41, 5.74) is 1.00. The third-order valence-electron chi connectivity index (χ3n) is 2.90. The molecule has 0 bridgehead atoms. The van der Waals surface area contributed by atoms with Crippen molar-refractivity contribution in [2.45, 2.75) is 60.8 Å². The highest BCUT2D eigenvalue weighted by molar-refractivity contribution is 7.98. The molecule has 0 spiro atoms. The van der Waals surface area contributed by atoms with E-state index in [4.69, 9.17) is 0 Å². The third-order valence-corrected chi connectivity index (χ3v) is 3.81. The first-order valence-electron chi connectivity index (χ1n) is 6.15. The van der Waals surface area contributed by atoms with Crippen molar-refractivity contribution in [2.24, 2.45) is 16.7 Å². The second kappa shape index (κ2) is 6.18. The van der Waals surface area contributed by atoms with Crippen LogP contribution in [0.4, 0.5) is 0 Å². The predicted octanol–water partition coefficient (Wildman–Crippen LogP) is 5.23.